The molecule has 0 fully saturated rings. The lowest BCUT2D eigenvalue weighted by Crippen LogP contribution is -2.16. The zero-order valence-corrected chi connectivity index (χ0v) is 36.4. The maximum Gasteiger partial charge on any atom is 0.0547 e. The van der Waals surface area contributed by atoms with Crippen molar-refractivity contribution in [1.82, 2.24) is 4.57 Å². The summed E-state index contributed by atoms with van der Waals surface area (Å²) in [5.74, 6) is 0. The normalized spacial score (nSPS) is 11.7. The molecule has 0 unspecified atom stereocenters. The second kappa shape index (κ2) is 16.1. The fraction of sp³-hybridized carbons (Fsp3) is 0.0645. The summed E-state index contributed by atoms with van der Waals surface area (Å²) in [5, 5.41) is 4.91. The van der Waals surface area contributed by atoms with Crippen molar-refractivity contribution < 1.29 is 0 Å². The minimum atomic E-state index is -0.0975. The van der Waals surface area contributed by atoms with Crippen molar-refractivity contribution in [1.29, 1.82) is 0 Å². The van der Waals surface area contributed by atoms with E-state index in [0.717, 1.165) is 33.9 Å². The van der Waals surface area contributed by atoms with Crippen LogP contribution in [0, 0.1) is 0 Å². The van der Waals surface area contributed by atoms with Gasteiger partial charge in [-0.1, -0.05) is 215 Å². The lowest BCUT2D eigenvalue weighted by molar-refractivity contribution is 0.590. The molecule has 0 bridgehead atoms. The molecule has 0 atom stereocenters. The molecule has 0 saturated heterocycles. The van der Waals surface area contributed by atoms with Gasteiger partial charge in [-0.15, -0.1) is 0 Å². The molecule has 2 heteroatoms. The van der Waals surface area contributed by atoms with Gasteiger partial charge < -0.3 is 9.47 Å². The monoisotopic (exact) mass is 820 g/mol. The lowest BCUT2D eigenvalue weighted by atomic mass is 9.85. The Balaban J connectivity index is 1.25. The fourth-order valence-corrected chi connectivity index (χ4v) is 9.75. The van der Waals surface area contributed by atoms with E-state index in [1.165, 1.54) is 71.5 Å². The molecular formula is C62H48N2. The van der Waals surface area contributed by atoms with Crippen LogP contribution >= 0.6 is 0 Å². The highest BCUT2D eigenvalue weighted by Gasteiger charge is 2.27. The summed E-state index contributed by atoms with van der Waals surface area (Å²) >= 11 is 0. The molecule has 0 amide bonds. The molecule has 0 N–H and O–H groups in total. The van der Waals surface area contributed by atoms with E-state index in [4.69, 9.17) is 0 Å². The number of para-hydroxylation sites is 4. The Hall–Kier alpha value is -7.94. The minimum Gasteiger partial charge on any atom is -0.309 e. The van der Waals surface area contributed by atoms with Gasteiger partial charge in [0.05, 0.1) is 28.1 Å². The second-order valence-electron chi connectivity index (χ2n) is 17.7. The van der Waals surface area contributed by atoms with Crippen molar-refractivity contribution >= 4 is 49.6 Å². The molecule has 64 heavy (non-hydrogen) atoms. The summed E-state index contributed by atoms with van der Waals surface area (Å²) in [7, 11) is 0. The van der Waals surface area contributed by atoms with Crippen LogP contribution in [-0.4, -0.2) is 4.57 Å². The van der Waals surface area contributed by atoms with Gasteiger partial charge in [0.25, 0.3) is 0 Å². The highest BCUT2D eigenvalue weighted by atomic mass is 15.2. The molecule has 11 aromatic rings. The van der Waals surface area contributed by atoms with Crippen molar-refractivity contribution in [2.75, 3.05) is 4.90 Å². The summed E-state index contributed by atoms with van der Waals surface area (Å²) in [5.41, 5.74) is 17.5. The first-order chi connectivity index (χ1) is 31.4. The zero-order valence-electron chi connectivity index (χ0n) is 36.4. The van der Waals surface area contributed by atoms with Gasteiger partial charge in [0, 0.05) is 33.2 Å². The van der Waals surface area contributed by atoms with Gasteiger partial charge in [-0.05, 0) is 92.0 Å². The summed E-state index contributed by atoms with van der Waals surface area (Å²) < 4.78 is 2.41. The molecule has 0 radical (unpaired) electrons. The van der Waals surface area contributed by atoms with Crippen LogP contribution in [0.3, 0.4) is 0 Å². The van der Waals surface area contributed by atoms with Crippen LogP contribution in [-0.2, 0) is 5.41 Å². The van der Waals surface area contributed by atoms with Gasteiger partial charge in [-0.2, -0.15) is 0 Å². The molecule has 1 aromatic heterocycles. The third-order valence-electron chi connectivity index (χ3n) is 12.8. The lowest BCUT2D eigenvalue weighted by Gasteiger charge is -2.33. The van der Waals surface area contributed by atoms with Gasteiger partial charge in [0.1, 0.15) is 0 Å². The Kier molecular flexibility index (Phi) is 9.78. The van der Waals surface area contributed by atoms with E-state index < -0.39 is 0 Å². The molecule has 306 valence electrons. The largest absolute Gasteiger partial charge is 0.309 e. The Morgan fingerprint density at radius 3 is 1.47 bits per heavy atom. The van der Waals surface area contributed by atoms with E-state index in [2.05, 4.69) is 267 Å². The molecule has 0 aliphatic heterocycles. The van der Waals surface area contributed by atoms with Crippen LogP contribution in [0.5, 0.6) is 0 Å². The quantitative estimate of drug-likeness (QED) is 0.148. The van der Waals surface area contributed by atoms with E-state index in [1.807, 2.05) is 0 Å². The smallest absolute Gasteiger partial charge is 0.0547 e. The predicted molar refractivity (Wildman–Crippen MR) is 273 cm³/mol. The van der Waals surface area contributed by atoms with E-state index in [9.17, 15) is 0 Å². The molecule has 10 aromatic carbocycles. The topological polar surface area (TPSA) is 8.17 Å². The van der Waals surface area contributed by atoms with Crippen molar-refractivity contribution in [2.45, 2.75) is 26.2 Å². The van der Waals surface area contributed by atoms with Crippen LogP contribution < -0.4 is 4.90 Å². The highest BCUT2D eigenvalue weighted by molar-refractivity contribution is 6.17. The van der Waals surface area contributed by atoms with Crippen molar-refractivity contribution in [3.63, 3.8) is 0 Å². The molecular weight excluding hydrogens is 773 g/mol. The average Bonchev–Trinajstić information content (AvgIpc) is 3.69. The maximum atomic E-state index is 2.56. The molecule has 2 nitrogen and oxygen atoms in total. The Morgan fingerprint density at radius 2 is 0.828 bits per heavy atom. The summed E-state index contributed by atoms with van der Waals surface area (Å²) in [6.07, 6.45) is 0. The number of rotatable bonds is 8. The van der Waals surface area contributed by atoms with Crippen LogP contribution in [0.2, 0.25) is 0 Å². The first-order valence-electron chi connectivity index (χ1n) is 22.3. The molecule has 0 aliphatic rings. The SMILES string of the molecule is CC(C)(C)c1ccc(-c2ccccc2)c(N(c2ccccc2-c2cccc3cccc(-c4ccccc4)c23)c2ccccc2-c2cccc3c2c2ccccc2n3-c2ccccc2)c1. The number of aromatic nitrogens is 1. The third kappa shape index (κ3) is 6.76. The first-order valence-corrected chi connectivity index (χ1v) is 22.3. The number of nitrogens with zero attached hydrogens (tertiary/aromatic N) is 2. The van der Waals surface area contributed by atoms with Gasteiger partial charge in [0.15, 0.2) is 0 Å². The second-order valence-corrected chi connectivity index (χ2v) is 17.7. The molecule has 0 aliphatic carbocycles. The number of hydrogen-bond acceptors (Lipinski definition) is 1. The third-order valence-corrected chi connectivity index (χ3v) is 12.8. The standard InChI is InChI=1S/C62H48N2/c1-62(2,3)46-40-41-48(43-22-7-4-8-23-43)59(42-46)64(55-36-16-13-30-50(55)52-34-20-27-45-26-19-33-49(60(45)52)44-24-9-5-10-25-44)56-37-17-14-31-51(56)53-35-21-39-58-61(53)54-32-15-18-38-57(54)63(58)47-28-11-6-12-29-47/h4-42H,1-3H3. The van der Waals surface area contributed by atoms with Crippen LogP contribution in [0.4, 0.5) is 17.1 Å². The number of hydrogen-bond donors (Lipinski definition) is 0. The minimum absolute atomic E-state index is 0.0975. The molecule has 0 spiro atoms. The summed E-state index contributed by atoms with van der Waals surface area (Å²) in [4.78, 5) is 2.56. The van der Waals surface area contributed by atoms with Crippen LogP contribution in [0.1, 0.15) is 26.3 Å². The molecule has 11 rings (SSSR count). The fourth-order valence-electron chi connectivity index (χ4n) is 9.75. The van der Waals surface area contributed by atoms with Crippen molar-refractivity contribution in [2.24, 2.45) is 0 Å². The first kappa shape index (κ1) is 38.9. The Labute approximate surface area is 376 Å². The van der Waals surface area contributed by atoms with Gasteiger partial charge in [-0.3, -0.25) is 0 Å². The van der Waals surface area contributed by atoms with E-state index >= 15 is 0 Å². The van der Waals surface area contributed by atoms with Crippen LogP contribution in [0.25, 0.3) is 82.8 Å². The van der Waals surface area contributed by atoms with Gasteiger partial charge in [0.2, 0.25) is 0 Å². The van der Waals surface area contributed by atoms with E-state index in [0.29, 0.717) is 0 Å². The maximum absolute atomic E-state index is 2.56. The number of fused-ring (bicyclic) bond motifs is 4. The Bertz CT molecular complexity index is 3460. The van der Waals surface area contributed by atoms with Crippen molar-refractivity contribution in [3.8, 4) is 50.2 Å². The van der Waals surface area contributed by atoms with Crippen LogP contribution in [0.15, 0.2) is 237 Å². The number of benzene rings is 10. The summed E-state index contributed by atoms with van der Waals surface area (Å²) in [6, 6.07) is 86.7. The molecule has 1 heterocycles. The molecule has 0 saturated carbocycles. The van der Waals surface area contributed by atoms with Gasteiger partial charge in [-0.25, -0.2) is 0 Å². The zero-order chi connectivity index (χ0) is 43.2. The highest BCUT2D eigenvalue weighted by Crippen LogP contribution is 2.51. The average molecular weight is 821 g/mol. The van der Waals surface area contributed by atoms with E-state index in [1.54, 1.807) is 0 Å². The summed E-state index contributed by atoms with van der Waals surface area (Å²) in [6.45, 7) is 6.93. The predicted octanol–water partition coefficient (Wildman–Crippen LogP) is 17.4. The van der Waals surface area contributed by atoms with Crippen molar-refractivity contribution in [3.05, 3.63) is 242 Å². The Morgan fingerprint density at radius 1 is 0.344 bits per heavy atom. The van der Waals surface area contributed by atoms with E-state index in [-0.39, 0.29) is 5.41 Å². The number of anilines is 3. The van der Waals surface area contributed by atoms with Gasteiger partial charge >= 0.3 is 0 Å².